The van der Waals surface area contributed by atoms with Gasteiger partial charge in [0.25, 0.3) is 5.91 Å². The molecule has 202 valence electrons. The number of aromatic nitrogens is 2. The van der Waals surface area contributed by atoms with Gasteiger partial charge in [0.15, 0.2) is 0 Å². The molecular formula is C30H31FN4O4. The highest BCUT2D eigenvalue weighted by atomic mass is 19.1. The van der Waals surface area contributed by atoms with Crippen molar-refractivity contribution in [2.75, 3.05) is 12.4 Å². The summed E-state index contributed by atoms with van der Waals surface area (Å²) in [4.78, 5) is 32.5. The van der Waals surface area contributed by atoms with Gasteiger partial charge in [0.05, 0.1) is 7.11 Å². The van der Waals surface area contributed by atoms with Crippen molar-refractivity contribution in [2.45, 2.75) is 39.3 Å². The number of nitrogens with one attached hydrogen (secondary N) is 3. The van der Waals surface area contributed by atoms with Crippen molar-refractivity contribution >= 4 is 17.7 Å². The molecule has 0 aliphatic rings. The Morgan fingerprint density at radius 1 is 1.10 bits per heavy atom. The van der Waals surface area contributed by atoms with Gasteiger partial charge in [-0.25, -0.2) is 14.2 Å². The number of rotatable bonds is 11. The molecule has 4 N–H and O–H groups in total. The van der Waals surface area contributed by atoms with Gasteiger partial charge in [-0.15, -0.1) is 0 Å². The van der Waals surface area contributed by atoms with Crippen LogP contribution in [0.5, 0.6) is 5.75 Å². The second-order valence-corrected chi connectivity index (χ2v) is 9.23. The first-order valence-electron chi connectivity index (χ1n) is 12.6. The molecule has 1 amide bonds. The SMILES string of the molecule is CCc1cc(F)cc(C)c1C(=O)NC(Cc1ccc(-c2cc(CNc3cc(OC)ccn3)c[nH]2)cc1)C(=O)O. The second-order valence-electron chi connectivity index (χ2n) is 9.23. The van der Waals surface area contributed by atoms with Gasteiger partial charge in [-0.05, 0) is 65.4 Å². The van der Waals surface area contributed by atoms with Gasteiger partial charge < -0.3 is 25.5 Å². The Morgan fingerprint density at radius 2 is 1.87 bits per heavy atom. The molecular weight excluding hydrogens is 499 g/mol. The molecule has 1 atom stereocenters. The number of pyridine rings is 1. The van der Waals surface area contributed by atoms with Crippen molar-refractivity contribution in [3.63, 3.8) is 0 Å². The van der Waals surface area contributed by atoms with Gasteiger partial charge in [0.1, 0.15) is 23.4 Å². The molecule has 2 heterocycles. The molecule has 1 unspecified atom stereocenters. The Labute approximate surface area is 226 Å². The van der Waals surface area contributed by atoms with Gasteiger partial charge in [0.2, 0.25) is 0 Å². The summed E-state index contributed by atoms with van der Waals surface area (Å²) in [5.41, 5.74) is 4.98. The molecule has 0 fully saturated rings. The summed E-state index contributed by atoms with van der Waals surface area (Å²) in [7, 11) is 1.61. The maximum atomic E-state index is 13.8. The van der Waals surface area contributed by atoms with Gasteiger partial charge >= 0.3 is 5.97 Å². The number of aryl methyl sites for hydroxylation is 2. The highest BCUT2D eigenvalue weighted by Gasteiger charge is 2.24. The first-order chi connectivity index (χ1) is 18.8. The number of carboxylic acid groups (broad SMARTS) is 1. The van der Waals surface area contributed by atoms with Crippen molar-refractivity contribution in [3.05, 3.63) is 101 Å². The Kier molecular flexibility index (Phi) is 8.60. The number of aliphatic carboxylic acids is 1. The first kappa shape index (κ1) is 27.4. The van der Waals surface area contributed by atoms with E-state index in [1.807, 2.05) is 49.5 Å². The van der Waals surface area contributed by atoms with E-state index in [2.05, 4.69) is 20.6 Å². The number of carbonyl (C=O) groups excluding carboxylic acids is 1. The van der Waals surface area contributed by atoms with Crippen molar-refractivity contribution in [3.8, 4) is 17.0 Å². The molecule has 0 saturated carbocycles. The van der Waals surface area contributed by atoms with Crippen LogP contribution in [-0.2, 0) is 24.2 Å². The lowest BCUT2D eigenvalue weighted by molar-refractivity contribution is -0.139. The summed E-state index contributed by atoms with van der Waals surface area (Å²) in [5.74, 6) is -0.650. The van der Waals surface area contributed by atoms with Gasteiger partial charge in [0, 0.05) is 42.7 Å². The van der Waals surface area contributed by atoms with Crippen LogP contribution in [0.3, 0.4) is 0 Å². The van der Waals surface area contributed by atoms with Crippen LogP contribution in [0.4, 0.5) is 10.2 Å². The highest BCUT2D eigenvalue weighted by Crippen LogP contribution is 2.22. The fraction of sp³-hybridized carbons (Fsp3) is 0.233. The highest BCUT2D eigenvalue weighted by molar-refractivity contribution is 5.99. The lowest BCUT2D eigenvalue weighted by Crippen LogP contribution is -2.42. The third-order valence-electron chi connectivity index (χ3n) is 6.48. The van der Waals surface area contributed by atoms with Crippen LogP contribution in [0.2, 0.25) is 0 Å². The van der Waals surface area contributed by atoms with E-state index in [1.54, 1.807) is 26.3 Å². The Morgan fingerprint density at radius 3 is 2.56 bits per heavy atom. The van der Waals surface area contributed by atoms with E-state index in [-0.39, 0.29) is 6.42 Å². The molecule has 4 aromatic rings. The van der Waals surface area contributed by atoms with Crippen LogP contribution in [0, 0.1) is 12.7 Å². The number of halogens is 1. The summed E-state index contributed by atoms with van der Waals surface area (Å²) in [6.45, 7) is 4.04. The molecule has 2 aromatic carbocycles. The zero-order valence-electron chi connectivity index (χ0n) is 22.0. The van der Waals surface area contributed by atoms with Crippen LogP contribution >= 0.6 is 0 Å². The summed E-state index contributed by atoms with van der Waals surface area (Å²) >= 11 is 0. The number of carboxylic acids is 1. The fourth-order valence-electron chi connectivity index (χ4n) is 4.44. The minimum atomic E-state index is -1.14. The molecule has 0 aliphatic carbocycles. The fourth-order valence-corrected chi connectivity index (χ4v) is 4.44. The maximum Gasteiger partial charge on any atom is 0.326 e. The lowest BCUT2D eigenvalue weighted by atomic mass is 9.98. The van der Waals surface area contributed by atoms with Crippen LogP contribution < -0.4 is 15.4 Å². The van der Waals surface area contributed by atoms with E-state index < -0.39 is 23.7 Å². The Balaban J connectivity index is 1.40. The number of aromatic amines is 1. The monoisotopic (exact) mass is 530 g/mol. The molecule has 0 spiro atoms. The molecule has 0 bridgehead atoms. The zero-order chi connectivity index (χ0) is 27.9. The molecule has 0 saturated heterocycles. The van der Waals surface area contributed by atoms with E-state index in [0.717, 1.165) is 28.1 Å². The quantitative estimate of drug-likeness (QED) is 0.214. The number of carbonyl (C=O) groups is 2. The Hall–Kier alpha value is -4.66. The molecule has 4 rings (SSSR count). The second kappa shape index (κ2) is 12.3. The normalized spacial score (nSPS) is 11.6. The number of amides is 1. The minimum absolute atomic E-state index is 0.108. The third-order valence-corrected chi connectivity index (χ3v) is 6.48. The van der Waals surface area contributed by atoms with Crippen LogP contribution in [-0.4, -0.2) is 40.1 Å². The van der Waals surface area contributed by atoms with Gasteiger partial charge in [-0.3, -0.25) is 4.79 Å². The Bertz CT molecular complexity index is 1470. The summed E-state index contributed by atoms with van der Waals surface area (Å²) in [6, 6.07) is 14.6. The van der Waals surface area contributed by atoms with Gasteiger partial charge in [-0.1, -0.05) is 31.2 Å². The van der Waals surface area contributed by atoms with E-state index >= 15 is 0 Å². The largest absolute Gasteiger partial charge is 0.497 e. The number of ether oxygens (including phenoxy) is 1. The smallest absolute Gasteiger partial charge is 0.326 e. The van der Waals surface area contributed by atoms with Crippen molar-refractivity contribution < 1.29 is 23.8 Å². The number of nitrogens with zero attached hydrogens (tertiary/aromatic N) is 1. The predicted octanol–water partition coefficient (Wildman–Crippen LogP) is 5.13. The topological polar surface area (TPSA) is 116 Å². The number of methoxy groups -OCH3 is 1. The molecule has 2 aromatic heterocycles. The van der Waals surface area contributed by atoms with Crippen LogP contribution in [0.15, 0.2) is 67.0 Å². The molecule has 0 radical (unpaired) electrons. The van der Waals surface area contributed by atoms with E-state index in [9.17, 15) is 19.1 Å². The summed E-state index contributed by atoms with van der Waals surface area (Å²) < 4.78 is 19.0. The third kappa shape index (κ3) is 6.81. The number of benzene rings is 2. The van der Waals surface area contributed by atoms with Crippen LogP contribution in [0.25, 0.3) is 11.3 Å². The molecule has 39 heavy (non-hydrogen) atoms. The average molecular weight is 531 g/mol. The molecule has 8 nitrogen and oxygen atoms in total. The number of hydrogen-bond acceptors (Lipinski definition) is 5. The van der Waals surface area contributed by atoms with Crippen molar-refractivity contribution in [2.24, 2.45) is 0 Å². The molecule has 9 heteroatoms. The summed E-state index contributed by atoms with van der Waals surface area (Å²) in [6.07, 6.45) is 4.15. The first-order valence-corrected chi connectivity index (χ1v) is 12.6. The average Bonchev–Trinajstić information content (AvgIpc) is 3.40. The maximum absolute atomic E-state index is 13.8. The summed E-state index contributed by atoms with van der Waals surface area (Å²) in [5, 5.41) is 15.6. The molecule has 0 aliphatic heterocycles. The number of anilines is 1. The zero-order valence-corrected chi connectivity index (χ0v) is 22.0. The number of hydrogen-bond donors (Lipinski definition) is 4. The van der Waals surface area contributed by atoms with E-state index in [1.165, 1.54) is 12.1 Å². The predicted molar refractivity (Wildman–Crippen MR) is 147 cm³/mol. The standard InChI is InChI=1S/C30H31FN4O4/c1-4-21-14-23(31)11-18(2)28(21)29(36)35-26(30(37)38)12-19-5-7-22(8-6-19)25-13-20(16-33-25)17-34-27-15-24(39-3)9-10-32-27/h5-11,13-16,26,33H,4,12,17H2,1-3H3,(H,32,34)(H,35,36)(H,37,38). The van der Waals surface area contributed by atoms with E-state index in [4.69, 9.17) is 4.74 Å². The van der Waals surface area contributed by atoms with Crippen LogP contribution in [0.1, 0.15) is 39.5 Å². The minimum Gasteiger partial charge on any atom is -0.497 e. The number of H-pyrrole nitrogens is 1. The van der Waals surface area contributed by atoms with Gasteiger partial charge in [-0.2, -0.15) is 0 Å². The lowest BCUT2D eigenvalue weighted by Gasteiger charge is -2.17. The van der Waals surface area contributed by atoms with E-state index in [0.29, 0.717) is 35.5 Å². The van der Waals surface area contributed by atoms with Crippen molar-refractivity contribution in [1.82, 2.24) is 15.3 Å². The van der Waals surface area contributed by atoms with Crippen molar-refractivity contribution in [1.29, 1.82) is 0 Å².